The van der Waals surface area contributed by atoms with Crippen LogP contribution in [0.15, 0.2) is 0 Å². The van der Waals surface area contributed by atoms with E-state index in [9.17, 15) is 9.59 Å². The Labute approximate surface area is 122 Å². The molecule has 0 heterocycles. The van der Waals surface area contributed by atoms with Crippen LogP contribution in [-0.2, 0) is 19.1 Å². The lowest BCUT2D eigenvalue weighted by Gasteiger charge is -2.26. The molecule has 1 unspecified atom stereocenters. The molecule has 0 aromatic rings. The number of rotatable bonds is 8. The van der Waals surface area contributed by atoms with E-state index in [1.54, 1.807) is 0 Å². The molecule has 0 aliphatic rings. The number of hydrogen-bond donors (Lipinski definition) is 1. The van der Waals surface area contributed by atoms with E-state index in [0.717, 1.165) is 6.42 Å². The Balaban J connectivity index is 4.19. The molecule has 1 atom stereocenters. The third kappa shape index (κ3) is 7.48. The van der Waals surface area contributed by atoms with Crippen LogP contribution in [0.25, 0.3) is 0 Å². The zero-order valence-electron chi connectivity index (χ0n) is 13.6. The summed E-state index contributed by atoms with van der Waals surface area (Å²) in [5.74, 6) is -0.811. The lowest BCUT2D eigenvalue weighted by molar-refractivity contribution is -0.159. The average Bonchev–Trinajstić information content (AvgIpc) is 2.34. The van der Waals surface area contributed by atoms with Gasteiger partial charge in [-0.2, -0.15) is 0 Å². The largest absolute Gasteiger partial charge is 0.460 e. The predicted molar refractivity (Wildman–Crippen MR) is 78.1 cm³/mol. The van der Waals surface area contributed by atoms with Crippen molar-refractivity contribution in [1.29, 1.82) is 0 Å². The highest BCUT2D eigenvalue weighted by molar-refractivity contribution is 5.77. The van der Waals surface area contributed by atoms with E-state index < -0.39 is 23.2 Å². The minimum atomic E-state index is -0.793. The molecule has 0 saturated heterocycles. The van der Waals surface area contributed by atoms with Crippen molar-refractivity contribution in [2.24, 2.45) is 5.73 Å². The van der Waals surface area contributed by atoms with Gasteiger partial charge in [0.2, 0.25) is 0 Å². The summed E-state index contributed by atoms with van der Waals surface area (Å²) in [6.07, 6.45) is 1.79. The number of hydrogen-bond acceptors (Lipinski definition) is 5. The van der Waals surface area contributed by atoms with Crippen molar-refractivity contribution in [2.45, 2.75) is 84.5 Å². The first-order valence-electron chi connectivity index (χ1n) is 7.23. The first kappa shape index (κ1) is 18.9. The van der Waals surface area contributed by atoms with Crippen molar-refractivity contribution in [2.75, 3.05) is 0 Å². The van der Waals surface area contributed by atoms with Crippen molar-refractivity contribution in [1.82, 2.24) is 0 Å². The highest BCUT2D eigenvalue weighted by Gasteiger charge is 2.26. The Morgan fingerprint density at radius 2 is 1.45 bits per heavy atom. The monoisotopic (exact) mass is 287 g/mol. The van der Waals surface area contributed by atoms with Gasteiger partial charge in [0.1, 0.15) is 17.2 Å². The zero-order valence-corrected chi connectivity index (χ0v) is 13.6. The van der Waals surface area contributed by atoms with Crippen LogP contribution in [-0.4, -0.2) is 29.2 Å². The molecular formula is C15H29NO4. The van der Waals surface area contributed by atoms with Gasteiger partial charge >= 0.3 is 11.9 Å². The van der Waals surface area contributed by atoms with E-state index in [2.05, 4.69) is 0 Å². The van der Waals surface area contributed by atoms with Crippen LogP contribution in [0.5, 0.6) is 0 Å². The standard InChI is InChI=1S/C15H29NO4/c1-7-14(3,4)19-12(17)10-9-11(16)13(18)20-15(5,6)8-2/h11H,7-10,16H2,1-6H3. The van der Waals surface area contributed by atoms with Crippen molar-refractivity contribution < 1.29 is 19.1 Å². The SMILES string of the molecule is CCC(C)(C)OC(=O)CCC(N)C(=O)OC(C)(C)CC. The molecule has 0 saturated carbocycles. The predicted octanol–water partition coefficient (Wildman–Crippen LogP) is 2.56. The summed E-state index contributed by atoms with van der Waals surface area (Å²) in [5, 5.41) is 0. The van der Waals surface area contributed by atoms with Gasteiger partial charge in [-0.05, 0) is 47.0 Å². The third-order valence-corrected chi connectivity index (χ3v) is 3.43. The molecular weight excluding hydrogens is 258 g/mol. The second kappa shape index (κ2) is 7.62. The second-order valence-electron chi connectivity index (χ2n) is 6.27. The van der Waals surface area contributed by atoms with Gasteiger partial charge in [-0.25, -0.2) is 0 Å². The molecule has 118 valence electrons. The van der Waals surface area contributed by atoms with Gasteiger partial charge in [0.15, 0.2) is 0 Å². The fraction of sp³-hybridized carbons (Fsp3) is 0.867. The van der Waals surface area contributed by atoms with Crippen LogP contribution in [0.1, 0.15) is 67.2 Å². The second-order valence-corrected chi connectivity index (χ2v) is 6.27. The Kier molecular flexibility index (Phi) is 7.20. The van der Waals surface area contributed by atoms with E-state index in [4.69, 9.17) is 15.2 Å². The molecule has 0 aromatic carbocycles. The van der Waals surface area contributed by atoms with Crippen LogP contribution in [0.4, 0.5) is 0 Å². The summed E-state index contributed by atoms with van der Waals surface area (Å²) >= 11 is 0. The van der Waals surface area contributed by atoms with E-state index in [-0.39, 0.29) is 18.8 Å². The Bertz CT molecular complexity index is 337. The van der Waals surface area contributed by atoms with Gasteiger partial charge in [0.05, 0.1) is 0 Å². The van der Waals surface area contributed by atoms with E-state index in [0.29, 0.717) is 6.42 Å². The van der Waals surface area contributed by atoms with Gasteiger partial charge < -0.3 is 15.2 Å². The zero-order chi connectivity index (χ0) is 16.0. The van der Waals surface area contributed by atoms with Crippen LogP contribution in [0.3, 0.4) is 0 Å². The molecule has 0 fully saturated rings. The van der Waals surface area contributed by atoms with Crippen molar-refractivity contribution in [3.63, 3.8) is 0 Å². The third-order valence-electron chi connectivity index (χ3n) is 3.43. The minimum absolute atomic E-state index is 0.117. The number of carbonyl (C=O) groups is 2. The summed E-state index contributed by atoms with van der Waals surface area (Å²) in [5.41, 5.74) is 4.73. The molecule has 2 N–H and O–H groups in total. The van der Waals surface area contributed by atoms with E-state index in [1.165, 1.54) is 0 Å². The Morgan fingerprint density at radius 1 is 1.00 bits per heavy atom. The van der Waals surface area contributed by atoms with E-state index >= 15 is 0 Å². The molecule has 0 rings (SSSR count). The summed E-state index contributed by atoms with van der Waals surface area (Å²) < 4.78 is 10.6. The normalized spacial score (nSPS) is 13.8. The number of carbonyl (C=O) groups excluding carboxylic acids is 2. The maximum atomic E-state index is 11.8. The molecule has 20 heavy (non-hydrogen) atoms. The highest BCUT2D eigenvalue weighted by atomic mass is 16.6. The maximum Gasteiger partial charge on any atom is 0.323 e. The van der Waals surface area contributed by atoms with E-state index in [1.807, 2.05) is 41.5 Å². The van der Waals surface area contributed by atoms with Crippen LogP contribution in [0.2, 0.25) is 0 Å². The van der Waals surface area contributed by atoms with Crippen molar-refractivity contribution in [3.05, 3.63) is 0 Å². The number of esters is 2. The Morgan fingerprint density at radius 3 is 1.90 bits per heavy atom. The van der Waals surface area contributed by atoms with Crippen LogP contribution < -0.4 is 5.73 Å². The van der Waals surface area contributed by atoms with Gasteiger partial charge in [-0.15, -0.1) is 0 Å². The summed E-state index contributed by atoms with van der Waals surface area (Å²) in [4.78, 5) is 23.4. The highest BCUT2D eigenvalue weighted by Crippen LogP contribution is 2.17. The van der Waals surface area contributed by atoms with Gasteiger partial charge in [-0.1, -0.05) is 13.8 Å². The van der Waals surface area contributed by atoms with Gasteiger partial charge in [0.25, 0.3) is 0 Å². The molecule has 0 radical (unpaired) electrons. The summed E-state index contributed by atoms with van der Waals surface area (Å²) in [6.45, 7) is 11.2. The lowest BCUT2D eigenvalue weighted by Crippen LogP contribution is -2.39. The van der Waals surface area contributed by atoms with Gasteiger partial charge in [0, 0.05) is 6.42 Å². The molecule has 0 bridgehead atoms. The quantitative estimate of drug-likeness (QED) is 0.694. The molecule has 5 nitrogen and oxygen atoms in total. The fourth-order valence-corrected chi connectivity index (χ4v) is 1.24. The minimum Gasteiger partial charge on any atom is -0.460 e. The molecule has 0 spiro atoms. The van der Waals surface area contributed by atoms with Crippen LogP contribution >= 0.6 is 0 Å². The molecule has 0 aromatic heterocycles. The first-order chi connectivity index (χ1) is 9.03. The average molecular weight is 287 g/mol. The molecule has 0 aliphatic heterocycles. The maximum absolute atomic E-state index is 11.8. The molecule has 0 aliphatic carbocycles. The van der Waals surface area contributed by atoms with Crippen molar-refractivity contribution >= 4 is 11.9 Å². The number of nitrogens with two attached hydrogens (primary N) is 1. The lowest BCUT2D eigenvalue weighted by atomic mass is 10.1. The smallest absolute Gasteiger partial charge is 0.323 e. The molecule has 0 amide bonds. The first-order valence-corrected chi connectivity index (χ1v) is 7.23. The fourth-order valence-electron chi connectivity index (χ4n) is 1.24. The topological polar surface area (TPSA) is 78.6 Å². The van der Waals surface area contributed by atoms with Gasteiger partial charge in [-0.3, -0.25) is 9.59 Å². The number of ether oxygens (including phenoxy) is 2. The summed E-state index contributed by atoms with van der Waals surface area (Å²) in [6, 6.07) is -0.793. The Hall–Kier alpha value is -1.10. The summed E-state index contributed by atoms with van der Waals surface area (Å²) in [7, 11) is 0. The van der Waals surface area contributed by atoms with Crippen molar-refractivity contribution in [3.8, 4) is 0 Å². The van der Waals surface area contributed by atoms with Crippen LogP contribution in [0, 0.1) is 0 Å². The molecule has 5 heteroatoms.